The van der Waals surface area contributed by atoms with Crippen molar-refractivity contribution in [2.45, 2.75) is 6.54 Å². The summed E-state index contributed by atoms with van der Waals surface area (Å²) in [7, 11) is 1.56. The van der Waals surface area contributed by atoms with Gasteiger partial charge in [-0.05, 0) is 18.2 Å². The highest BCUT2D eigenvalue weighted by molar-refractivity contribution is 5.84. The van der Waals surface area contributed by atoms with Gasteiger partial charge in [-0.3, -0.25) is 9.59 Å². The van der Waals surface area contributed by atoms with E-state index in [0.29, 0.717) is 28.0 Å². The Bertz CT molecular complexity index is 952. The summed E-state index contributed by atoms with van der Waals surface area (Å²) in [5, 5.41) is 10.4. The van der Waals surface area contributed by atoms with Crippen LogP contribution in [0, 0.1) is 0 Å². The molecule has 7 heteroatoms. The van der Waals surface area contributed by atoms with Crippen LogP contribution in [0.3, 0.4) is 0 Å². The number of ether oxygens (including phenoxy) is 2. The molecule has 3 aromatic rings. The number of nitrogens with zero attached hydrogens (tertiary/aromatic N) is 1. The summed E-state index contributed by atoms with van der Waals surface area (Å²) < 4.78 is 10.5. The van der Waals surface area contributed by atoms with Gasteiger partial charge in [0.05, 0.1) is 24.7 Å². The molecule has 0 unspecified atom stereocenters. The highest BCUT2D eigenvalue weighted by atomic mass is 16.5. The van der Waals surface area contributed by atoms with Crippen molar-refractivity contribution >= 4 is 16.7 Å². The fourth-order valence-electron chi connectivity index (χ4n) is 2.38. The molecule has 0 bridgehead atoms. The summed E-state index contributed by atoms with van der Waals surface area (Å²) in [4.78, 5) is 23.7. The molecule has 1 aromatic heterocycles. The summed E-state index contributed by atoms with van der Waals surface area (Å²) in [6.07, 6.45) is 0. The Hall–Kier alpha value is -3.35. The number of methoxy groups -OCH3 is 1. The first kappa shape index (κ1) is 16.5. The highest BCUT2D eigenvalue weighted by Gasteiger charge is 2.08. The molecule has 0 aliphatic carbocycles. The summed E-state index contributed by atoms with van der Waals surface area (Å²) in [6.45, 7) is 0.0616. The lowest BCUT2D eigenvalue weighted by Crippen LogP contribution is -2.29. The third-order valence-corrected chi connectivity index (χ3v) is 3.64. The van der Waals surface area contributed by atoms with Crippen molar-refractivity contribution in [1.29, 1.82) is 0 Å². The van der Waals surface area contributed by atoms with Crippen molar-refractivity contribution < 1.29 is 14.3 Å². The second kappa shape index (κ2) is 7.48. The first-order valence-corrected chi connectivity index (χ1v) is 7.67. The number of amides is 1. The number of benzene rings is 2. The highest BCUT2D eigenvalue weighted by Crippen LogP contribution is 2.18. The predicted octanol–water partition coefficient (Wildman–Crippen LogP) is 1.63. The molecule has 2 N–H and O–H groups in total. The van der Waals surface area contributed by atoms with Gasteiger partial charge in [0.1, 0.15) is 11.5 Å². The third-order valence-electron chi connectivity index (χ3n) is 3.64. The number of aromatic amines is 1. The number of carbonyl (C=O) groups is 1. The molecule has 0 aliphatic heterocycles. The monoisotopic (exact) mass is 339 g/mol. The van der Waals surface area contributed by atoms with E-state index in [1.165, 1.54) is 0 Å². The van der Waals surface area contributed by atoms with Crippen LogP contribution in [0.15, 0.2) is 53.3 Å². The minimum atomic E-state index is -0.292. The molecule has 0 saturated carbocycles. The van der Waals surface area contributed by atoms with Crippen molar-refractivity contribution in [3.05, 3.63) is 64.6 Å². The Morgan fingerprint density at radius 2 is 1.88 bits per heavy atom. The normalized spacial score (nSPS) is 10.4. The number of hydrogen-bond acceptors (Lipinski definition) is 5. The van der Waals surface area contributed by atoms with E-state index in [2.05, 4.69) is 15.5 Å². The Morgan fingerprint density at radius 3 is 2.68 bits per heavy atom. The molecule has 0 saturated heterocycles. The number of H-pyrrole nitrogens is 1. The van der Waals surface area contributed by atoms with E-state index in [-0.39, 0.29) is 24.6 Å². The zero-order valence-corrected chi connectivity index (χ0v) is 13.6. The first-order chi connectivity index (χ1) is 12.2. The zero-order chi connectivity index (χ0) is 17.6. The molecule has 0 atom stereocenters. The number of hydrogen-bond donors (Lipinski definition) is 2. The van der Waals surface area contributed by atoms with Crippen LogP contribution in [0.4, 0.5) is 0 Å². The van der Waals surface area contributed by atoms with Gasteiger partial charge in [0, 0.05) is 11.5 Å². The predicted molar refractivity (Wildman–Crippen MR) is 92.7 cm³/mol. The van der Waals surface area contributed by atoms with E-state index >= 15 is 0 Å². The Kier molecular flexibility index (Phi) is 4.94. The van der Waals surface area contributed by atoms with Gasteiger partial charge in [0.25, 0.3) is 11.5 Å². The zero-order valence-electron chi connectivity index (χ0n) is 13.6. The molecule has 0 spiro atoms. The Morgan fingerprint density at radius 1 is 1.12 bits per heavy atom. The van der Waals surface area contributed by atoms with Crippen LogP contribution in [0.25, 0.3) is 10.8 Å². The molecule has 128 valence electrons. The van der Waals surface area contributed by atoms with Crippen LogP contribution >= 0.6 is 0 Å². The van der Waals surface area contributed by atoms with Gasteiger partial charge in [0.15, 0.2) is 6.61 Å². The minimum absolute atomic E-state index is 0.131. The van der Waals surface area contributed by atoms with E-state index in [1.807, 2.05) is 6.07 Å². The van der Waals surface area contributed by atoms with Crippen LogP contribution in [0.1, 0.15) is 5.69 Å². The molecule has 2 aromatic carbocycles. The number of aromatic nitrogens is 2. The van der Waals surface area contributed by atoms with Gasteiger partial charge in [-0.1, -0.05) is 24.3 Å². The SMILES string of the molecule is COc1cccc(OCC(=O)NCc2n[nH]c(=O)c3ccccc23)c1. The third kappa shape index (κ3) is 3.95. The summed E-state index contributed by atoms with van der Waals surface area (Å²) in [5.74, 6) is 0.906. The Labute approximate surface area is 143 Å². The smallest absolute Gasteiger partial charge is 0.272 e. The quantitative estimate of drug-likeness (QED) is 0.712. The lowest BCUT2D eigenvalue weighted by Gasteiger charge is -2.09. The van der Waals surface area contributed by atoms with E-state index in [1.54, 1.807) is 49.6 Å². The van der Waals surface area contributed by atoms with Gasteiger partial charge in [0.2, 0.25) is 0 Å². The maximum absolute atomic E-state index is 12.0. The van der Waals surface area contributed by atoms with E-state index in [4.69, 9.17) is 9.47 Å². The van der Waals surface area contributed by atoms with Gasteiger partial charge in [-0.2, -0.15) is 5.10 Å². The molecule has 0 radical (unpaired) electrons. The molecule has 3 rings (SSSR count). The fourth-order valence-corrected chi connectivity index (χ4v) is 2.38. The average Bonchev–Trinajstić information content (AvgIpc) is 2.66. The standard InChI is InChI=1S/C18H17N3O4/c1-24-12-5-4-6-13(9-12)25-11-17(22)19-10-16-14-7-2-3-8-15(14)18(23)21-20-16/h2-9H,10-11H2,1H3,(H,19,22)(H,21,23). The van der Waals surface area contributed by atoms with Crippen LogP contribution < -0.4 is 20.3 Å². The molecule has 1 amide bonds. The minimum Gasteiger partial charge on any atom is -0.497 e. The van der Waals surface area contributed by atoms with Crippen LogP contribution in [0.2, 0.25) is 0 Å². The first-order valence-electron chi connectivity index (χ1n) is 7.67. The van der Waals surface area contributed by atoms with Crippen LogP contribution in [-0.2, 0) is 11.3 Å². The molecular weight excluding hydrogens is 322 g/mol. The fraction of sp³-hybridized carbons (Fsp3) is 0.167. The summed E-state index contributed by atoms with van der Waals surface area (Å²) in [5.41, 5.74) is 0.331. The number of rotatable bonds is 6. The van der Waals surface area contributed by atoms with E-state index in [0.717, 1.165) is 0 Å². The van der Waals surface area contributed by atoms with Crippen LogP contribution in [0.5, 0.6) is 11.5 Å². The van der Waals surface area contributed by atoms with E-state index in [9.17, 15) is 9.59 Å². The van der Waals surface area contributed by atoms with Crippen LogP contribution in [-0.4, -0.2) is 29.8 Å². The second-order valence-electron chi connectivity index (χ2n) is 5.29. The maximum atomic E-state index is 12.0. The molecular formula is C18H17N3O4. The second-order valence-corrected chi connectivity index (χ2v) is 5.29. The number of carbonyl (C=O) groups excluding carboxylic acids is 1. The lowest BCUT2D eigenvalue weighted by atomic mass is 10.1. The molecule has 25 heavy (non-hydrogen) atoms. The molecule has 1 heterocycles. The average molecular weight is 339 g/mol. The lowest BCUT2D eigenvalue weighted by molar-refractivity contribution is -0.123. The van der Waals surface area contributed by atoms with Crippen molar-refractivity contribution in [2.24, 2.45) is 0 Å². The van der Waals surface area contributed by atoms with Gasteiger partial charge < -0.3 is 14.8 Å². The summed E-state index contributed by atoms with van der Waals surface area (Å²) >= 11 is 0. The molecule has 7 nitrogen and oxygen atoms in total. The van der Waals surface area contributed by atoms with Gasteiger partial charge >= 0.3 is 0 Å². The maximum Gasteiger partial charge on any atom is 0.272 e. The van der Waals surface area contributed by atoms with Crippen molar-refractivity contribution in [3.8, 4) is 11.5 Å². The summed E-state index contributed by atoms with van der Waals surface area (Å²) in [6, 6.07) is 14.1. The number of nitrogens with one attached hydrogen (secondary N) is 2. The van der Waals surface area contributed by atoms with Crippen molar-refractivity contribution in [1.82, 2.24) is 15.5 Å². The Balaban J connectivity index is 1.61. The van der Waals surface area contributed by atoms with Gasteiger partial charge in [-0.15, -0.1) is 0 Å². The van der Waals surface area contributed by atoms with E-state index < -0.39 is 0 Å². The van der Waals surface area contributed by atoms with Crippen molar-refractivity contribution in [2.75, 3.05) is 13.7 Å². The van der Waals surface area contributed by atoms with Crippen molar-refractivity contribution in [3.63, 3.8) is 0 Å². The molecule has 0 fully saturated rings. The largest absolute Gasteiger partial charge is 0.497 e. The topological polar surface area (TPSA) is 93.3 Å². The number of fused-ring (bicyclic) bond motifs is 1. The van der Waals surface area contributed by atoms with Gasteiger partial charge in [-0.25, -0.2) is 5.10 Å². The molecule has 0 aliphatic rings.